The monoisotopic (exact) mass is 349 g/mol. The van der Waals surface area contributed by atoms with Gasteiger partial charge in [-0.25, -0.2) is 0 Å². The molecule has 1 aromatic heterocycles. The van der Waals surface area contributed by atoms with Gasteiger partial charge in [0.05, 0.1) is 17.4 Å². The molecule has 1 fully saturated rings. The Labute approximate surface area is 153 Å². The average molecular weight is 349 g/mol. The van der Waals surface area contributed by atoms with Gasteiger partial charge in [-0.05, 0) is 44.0 Å². The molecule has 3 rings (SSSR count). The molecule has 0 saturated carbocycles. The van der Waals surface area contributed by atoms with Gasteiger partial charge in [0.2, 0.25) is 5.91 Å². The number of rotatable bonds is 6. The van der Waals surface area contributed by atoms with Crippen molar-refractivity contribution in [1.82, 2.24) is 4.98 Å². The Bertz CT molecular complexity index is 808. The van der Waals surface area contributed by atoms with Gasteiger partial charge in [-0.15, -0.1) is 0 Å². The van der Waals surface area contributed by atoms with Gasteiger partial charge >= 0.3 is 0 Å². The van der Waals surface area contributed by atoms with Crippen LogP contribution in [0.25, 0.3) is 0 Å². The fourth-order valence-electron chi connectivity index (χ4n) is 3.17. The number of amides is 1. The summed E-state index contributed by atoms with van der Waals surface area (Å²) in [6.07, 6.45) is 5.92. The molecular formula is C20H23N5O. The van der Waals surface area contributed by atoms with Crippen molar-refractivity contribution in [2.24, 2.45) is 0 Å². The Balaban J connectivity index is 1.57. The predicted octanol–water partition coefficient (Wildman–Crippen LogP) is 3.38. The maximum atomic E-state index is 12.4. The lowest BCUT2D eigenvalue weighted by Crippen LogP contribution is -2.24. The van der Waals surface area contributed by atoms with E-state index in [2.05, 4.69) is 32.7 Å². The van der Waals surface area contributed by atoms with Crippen LogP contribution in [0, 0.1) is 11.3 Å². The lowest BCUT2D eigenvalue weighted by atomic mass is 10.1. The minimum absolute atomic E-state index is 0.0639. The number of nitrogens with zero attached hydrogens (tertiary/aromatic N) is 3. The van der Waals surface area contributed by atoms with Crippen molar-refractivity contribution in [3.8, 4) is 6.07 Å². The van der Waals surface area contributed by atoms with Gasteiger partial charge in [0.25, 0.3) is 0 Å². The molecule has 0 aliphatic carbocycles. The highest BCUT2D eigenvalue weighted by atomic mass is 16.1. The van der Waals surface area contributed by atoms with Gasteiger partial charge in [-0.3, -0.25) is 9.78 Å². The Hall–Kier alpha value is -3.07. The molecule has 1 unspecified atom stereocenters. The Kier molecular flexibility index (Phi) is 5.69. The highest BCUT2D eigenvalue weighted by molar-refractivity contribution is 5.91. The van der Waals surface area contributed by atoms with Gasteiger partial charge in [0.15, 0.2) is 0 Å². The molecule has 0 bridgehead atoms. The van der Waals surface area contributed by atoms with Gasteiger partial charge in [0.1, 0.15) is 6.07 Å². The molecule has 1 saturated heterocycles. The first kappa shape index (κ1) is 17.7. The summed E-state index contributed by atoms with van der Waals surface area (Å²) in [4.78, 5) is 18.7. The largest absolute Gasteiger partial charge is 0.380 e. The van der Waals surface area contributed by atoms with Crippen LogP contribution in [0.15, 0.2) is 42.7 Å². The summed E-state index contributed by atoms with van der Waals surface area (Å²) >= 11 is 0. The molecule has 6 nitrogen and oxygen atoms in total. The first-order valence-corrected chi connectivity index (χ1v) is 8.91. The Morgan fingerprint density at radius 1 is 1.35 bits per heavy atom. The molecule has 2 heterocycles. The number of nitriles is 1. The number of carbonyl (C=O) groups is 1. The van der Waals surface area contributed by atoms with Crippen LogP contribution in [-0.4, -0.2) is 30.0 Å². The van der Waals surface area contributed by atoms with Crippen LogP contribution in [0.2, 0.25) is 0 Å². The van der Waals surface area contributed by atoms with E-state index >= 15 is 0 Å². The van der Waals surface area contributed by atoms with Crippen molar-refractivity contribution in [3.63, 3.8) is 0 Å². The summed E-state index contributed by atoms with van der Waals surface area (Å²) in [6, 6.07) is 11.6. The number of anilines is 3. The maximum Gasteiger partial charge on any atom is 0.226 e. The quantitative estimate of drug-likeness (QED) is 0.835. The zero-order chi connectivity index (χ0) is 18.4. The second-order valence-electron chi connectivity index (χ2n) is 6.58. The van der Waals surface area contributed by atoms with E-state index in [1.54, 1.807) is 18.5 Å². The van der Waals surface area contributed by atoms with Crippen molar-refractivity contribution in [1.29, 1.82) is 5.26 Å². The third-order valence-corrected chi connectivity index (χ3v) is 4.44. The smallest absolute Gasteiger partial charge is 0.226 e. The normalized spacial score (nSPS) is 14.5. The van der Waals surface area contributed by atoms with E-state index in [0.29, 0.717) is 17.7 Å². The van der Waals surface area contributed by atoms with E-state index in [0.717, 1.165) is 24.5 Å². The minimum Gasteiger partial charge on any atom is -0.380 e. The van der Waals surface area contributed by atoms with Crippen molar-refractivity contribution < 1.29 is 4.79 Å². The third-order valence-electron chi connectivity index (χ3n) is 4.44. The summed E-state index contributed by atoms with van der Waals surface area (Å²) in [6.45, 7) is 4.06. The second kappa shape index (κ2) is 8.34. The van der Waals surface area contributed by atoms with E-state index in [1.807, 2.05) is 25.1 Å². The number of nitrogens with one attached hydrogen (secondary N) is 2. The van der Waals surface area contributed by atoms with E-state index < -0.39 is 0 Å². The third kappa shape index (κ3) is 4.51. The predicted molar refractivity (Wildman–Crippen MR) is 103 cm³/mol. The average Bonchev–Trinajstić information content (AvgIpc) is 3.17. The van der Waals surface area contributed by atoms with Crippen LogP contribution in [0.5, 0.6) is 0 Å². The van der Waals surface area contributed by atoms with Gasteiger partial charge in [-0.1, -0.05) is 6.07 Å². The van der Waals surface area contributed by atoms with Gasteiger partial charge in [-0.2, -0.15) is 5.26 Å². The molecule has 0 radical (unpaired) electrons. The highest BCUT2D eigenvalue weighted by Gasteiger charge is 2.14. The van der Waals surface area contributed by atoms with Crippen molar-refractivity contribution in [2.45, 2.75) is 32.2 Å². The number of hydrogen-bond donors (Lipinski definition) is 2. The molecule has 26 heavy (non-hydrogen) atoms. The fraction of sp³-hybridized carbons (Fsp3) is 0.350. The Morgan fingerprint density at radius 2 is 2.15 bits per heavy atom. The number of hydrogen-bond acceptors (Lipinski definition) is 5. The summed E-state index contributed by atoms with van der Waals surface area (Å²) < 4.78 is 0. The lowest BCUT2D eigenvalue weighted by Gasteiger charge is -2.19. The van der Waals surface area contributed by atoms with E-state index in [1.165, 1.54) is 12.8 Å². The van der Waals surface area contributed by atoms with Crippen LogP contribution >= 0.6 is 0 Å². The summed E-state index contributed by atoms with van der Waals surface area (Å²) in [5, 5.41) is 15.3. The van der Waals surface area contributed by atoms with Crippen LogP contribution in [0.1, 0.15) is 31.7 Å². The van der Waals surface area contributed by atoms with Crippen molar-refractivity contribution in [3.05, 3.63) is 48.3 Å². The molecule has 1 atom stereocenters. The number of aromatic nitrogens is 1. The number of pyridine rings is 1. The highest BCUT2D eigenvalue weighted by Crippen LogP contribution is 2.23. The molecule has 134 valence electrons. The zero-order valence-corrected chi connectivity index (χ0v) is 14.9. The first-order chi connectivity index (χ1) is 12.7. The molecule has 6 heteroatoms. The summed E-state index contributed by atoms with van der Waals surface area (Å²) in [5.74, 6) is -0.0639. The topological polar surface area (TPSA) is 81.1 Å². The maximum absolute atomic E-state index is 12.4. The molecular weight excluding hydrogens is 326 g/mol. The summed E-state index contributed by atoms with van der Waals surface area (Å²) in [5.41, 5.74) is 3.13. The molecule has 1 aliphatic rings. The fourth-order valence-corrected chi connectivity index (χ4v) is 3.17. The van der Waals surface area contributed by atoms with Crippen LogP contribution in [-0.2, 0) is 4.79 Å². The molecule has 2 aromatic rings. The van der Waals surface area contributed by atoms with E-state index in [-0.39, 0.29) is 11.9 Å². The molecule has 1 aromatic carbocycles. The molecule has 1 aliphatic heterocycles. The summed E-state index contributed by atoms with van der Waals surface area (Å²) in [7, 11) is 0. The van der Waals surface area contributed by atoms with Crippen molar-refractivity contribution >= 4 is 23.0 Å². The number of carbonyl (C=O) groups excluding carboxylic acids is 1. The van der Waals surface area contributed by atoms with E-state index in [9.17, 15) is 4.79 Å². The van der Waals surface area contributed by atoms with E-state index in [4.69, 9.17) is 5.26 Å². The molecule has 2 N–H and O–H groups in total. The Morgan fingerprint density at radius 3 is 2.92 bits per heavy atom. The standard InChI is InChI=1S/C20H23N5O/c1-15(23-19-14-22-8-7-16(19)13-21)11-20(26)24-17-5-4-6-18(12-17)25-9-2-3-10-25/h4-8,12,14-15,23H,2-3,9-11H2,1H3,(H,24,26). The molecule has 0 spiro atoms. The minimum atomic E-state index is -0.118. The SMILES string of the molecule is CC(CC(=O)Nc1cccc(N2CCCC2)c1)Nc1cnccc1C#N. The lowest BCUT2D eigenvalue weighted by molar-refractivity contribution is -0.116. The number of benzene rings is 1. The van der Waals surface area contributed by atoms with Crippen LogP contribution in [0.3, 0.4) is 0 Å². The van der Waals surface area contributed by atoms with Gasteiger partial charge in [0, 0.05) is 43.1 Å². The second-order valence-corrected chi connectivity index (χ2v) is 6.58. The van der Waals surface area contributed by atoms with Crippen LogP contribution in [0.4, 0.5) is 17.1 Å². The van der Waals surface area contributed by atoms with Gasteiger partial charge < -0.3 is 15.5 Å². The molecule has 1 amide bonds. The van der Waals surface area contributed by atoms with Crippen molar-refractivity contribution in [2.75, 3.05) is 28.6 Å². The first-order valence-electron chi connectivity index (χ1n) is 8.91. The van der Waals surface area contributed by atoms with Crippen LogP contribution < -0.4 is 15.5 Å². The zero-order valence-electron chi connectivity index (χ0n) is 14.9.